The van der Waals surface area contributed by atoms with Crippen molar-refractivity contribution in [3.63, 3.8) is 0 Å². The second kappa shape index (κ2) is 7.74. The molecule has 112 valence electrons. The van der Waals surface area contributed by atoms with Crippen LogP contribution >= 0.6 is 0 Å². The maximum atomic E-state index is 14.3. The number of ether oxygens (including phenoxy) is 1. The zero-order valence-corrected chi connectivity index (χ0v) is 12.5. The minimum atomic E-state index is -0.251. The number of aromatic nitrogens is 1. The Morgan fingerprint density at radius 3 is 2.76 bits per heavy atom. The number of hydrogen-bond donors (Lipinski definition) is 1. The molecule has 0 bridgehead atoms. The van der Waals surface area contributed by atoms with Gasteiger partial charge < -0.3 is 10.1 Å². The number of benzene rings is 1. The van der Waals surface area contributed by atoms with Crippen LogP contribution in [0.15, 0.2) is 42.6 Å². The second-order valence-corrected chi connectivity index (χ2v) is 4.92. The molecule has 0 aliphatic heterocycles. The van der Waals surface area contributed by atoms with Gasteiger partial charge in [0.05, 0.1) is 7.11 Å². The third-order valence-electron chi connectivity index (χ3n) is 3.36. The van der Waals surface area contributed by atoms with Crippen LogP contribution in [0.3, 0.4) is 0 Å². The van der Waals surface area contributed by atoms with Crippen LogP contribution in [0, 0.1) is 5.82 Å². The van der Waals surface area contributed by atoms with E-state index >= 15 is 0 Å². The Balaban J connectivity index is 2.22. The monoisotopic (exact) mass is 288 g/mol. The first-order valence-electron chi connectivity index (χ1n) is 7.21. The van der Waals surface area contributed by atoms with Crippen molar-refractivity contribution in [1.29, 1.82) is 0 Å². The van der Waals surface area contributed by atoms with Gasteiger partial charge in [0.2, 0.25) is 0 Å². The Labute approximate surface area is 125 Å². The van der Waals surface area contributed by atoms with Gasteiger partial charge >= 0.3 is 0 Å². The standard InChI is InChI=1S/C17H21FN2O/c1-3-9-20-17(11-13-6-4-5-10-19-13)15-8-7-14(21-2)12-16(15)18/h4-8,10,12,17,20H,3,9,11H2,1-2H3. The van der Waals surface area contributed by atoms with E-state index in [-0.39, 0.29) is 11.9 Å². The molecule has 21 heavy (non-hydrogen) atoms. The van der Waals surface area contributed by atoms with Gasteiger partial charge in [0, 0.05) is 36.0 Å². The van der Waals surface area contributed by atoms with Crippen molar-refractivity contribution in [2.45, 2.75) is 25.8 Å². The van der Waals surface area contributed by atoms with E-state index in [0.29, 0.717) is 17.7 Å². The maximum Gasteiger partial charge on any atom is 0.131 e. The van der Waals surface area contributed by atoms with Gasteiger partial charge in [-0.15, -0.1) is 0 Å². The summed E-state index contributed by atoms with van der Waals surface area (Å²) in [4.78, 5) is 4.33. The fourth-order valence-electron chi connectivity index (χ4n) is 2.26. The summed E-state index contributed by atoms with van der Waals surface area (Å²) in [5.74, 6) is 0.280. The number of hydrogen-bond acceptors (Lipinski definition) is 3. The van der Waals surface area contributed by atoms with E-state index in [1.807, 2.05) is 18.2 Å². The van der Waals surface area contributed by atoms with E-state index < -0.39 is 0 Å². The number of halogens is 1. The Kier molecular flexibility index (Phi) is 5.69. The van der Waals surface area contributed by atoms with Crippen LogP contribution in [0.1, 0.15) is 30.6 Å². The normalized spacial score (nSPS) is 12.1. The molecule has 1 aromatic heterocycles. The quantitative estimate of drug-likeness (QED) is 0.846. The fraction of sp³-hybridized carbons (Fsp3) is 0.353. The molecule has 1 aromatic carbocycles. The summed E-state index contributed by atoms with van der Waals surface area (Å²) in [7, 11) is 1.54. The van der Waals surface area contributed by atoms with Gasteiger partial charge in [0.15, 0.2) is 0 Å². The summed E-state index contributed by atoms with van der Waals surface area (Å²) in [5, 5.41) is 3.39. The van der Waals surface area contributed by atoms with Gasteiger partial charge in [-0.1, -0.05) is 19.1 Å². The highest BCUT2D eigenvalue weighted by Crippen LogP contribution is 2.24. The molecule has 1 unspecified atom stereocenters. The first-order valence-corrected chi connectivity index (χ1v) is 7.21. The molecule has 1 heterocycles. The van der Waals surface area contributed by atoms with E-state index in [2.05, 4.69) is 17.2 Å². The Morgan fingerprint density at radius 2 is 2.14 bits per heavy atom. The molecule has 0 aliphatic carbocycles. The SMILES string of the molecule is CCCNC(Cc1ccccn1)c1ccc(OC)cc1F. The molecule has 3 nitrogen and oxygen atoms in total. The smallest absolute Gasteiger partial charge is 0.131 e. The summed E-state index contributed by atoms with van der Waals surface area (Å²) in [6.45, 7) is 2.93. The topological polar surface area (TPSA) is 34.2 Å². The fourth-order valence-corrected chi connectivity index (χ4v) is 2.26. The minimum Gasteiger partial charge on any atom is -0.497 e. The molecule has 2 rings (SSSR count). The van der Waals surface area contributed by atoms with Crippen LogP contribution in [0.2, 0.25) is 0 Å². The molecule has 2 aromatic rings. The molecule has 1 atom stereocenters. The highest BCUT2D eigenvalue weighted by atomic mass is 19.1. The van der Waals surface area contributed by atoms with E-state index in [4.69, 9.17) is 4.74 Å². The van der Waals surface area contributed by atoms with Crippen molar-refractivity contribution < 1.29 is 9.13 Å². The van der Waals surface area contributed by atoms with Crippen molar-refractivity contribution in [1.82, 2.24) is 10.3 Å². The predicted molar refractivity (Wildman–Crippen MR) is 81.9 cm³/mol. The molecular formula is C17H21FN2O. The van der Waals surface area contributed by atoms with Crippen molar-refractivity contribution in [2.75, 3.05) is 13.7 Å². The highest BCUT2D eigenvalue weighted by Gasteiger charge is 2.17. The van der Waals surface area contributed by atoms with Crippen LogP contribution in [0.25, 0.3) is 0 Å². The summed E-state index contributed by atoms with van der Waals surface area (Å²) in [6, 6.07) is 10.7. The van der Waals surface area contributed by atoms with Crippen LogP contribution in [-0.2, 0) is 6.42 Å². The number of nitrogens with one attached hydrogen (secondary N) is 1. The van der Waals surface area contributed by atoms with Crippen LogP contribution in [-0.4, -0.2) is 18.6 Å². The molecule has 0 spiro atoms. The summed E-state index contributed by atoms with van der Waals surface area (Å²) >= 11 is 0. The molecule has 1 N–H and O–H groups in total. The van der Waals surface area contributed by atoms with Gasteiger partial charge in [-0.05, 0) is 31.2 Å². The van der Waals surface area contributed by atoms with Gasteiger partial charge in [-0.3, -0.25) is 4.98 Å². The minimum absolute atomic E-state index is 0.0919. The van der Waals surface area contributed by atoms with E-state index in [1.165, 1.54) is 13.2 Å². The largest absolute Gasteiger partial charge is 0.497 e. The second-order valence-electron chi connectivity index (χ2n) is 4.92. The van der Waals surface area contributed by atoms with Crippen molar-refractivity contribution >= 4 is 0 Å². The lowest BCUT2D eigenvalue weighted by Gasteiger charge is -2.19. The number of rotatable bonds is 7. The molecule has 0 amide bonds. The number of methoxy groups -OCH3 is 1. The molecule has 0 radical (unpaired) electrons. The van der Waals surface area contributed by atoms with Crippen molar-refractivity contribution in [3.8, 4) is 5.75 Å². The first-order chi connectivity index (χ1) is 10.2. The molecule has 0 fully saturated rings. The number of nitrogens with zero attached hydrogens (tertiary/aromatic N) is 1. The first kappa shape index (κ1) is 15.4. The van der Waals surface area contributed by atoms with Crippen LogP contribution < -0.4 is 10.1 Å². The molecule has 0 aliphatic rings. The zero-order chi connectivity index (χ0) is 15.1. The van der Waals surface area contributed by atoms with E-state index in [0.717, 1.165) is 18.7 Å². The lowest BCUT2D eigenvalue weighted by molar-refractivity contribution is 0.408. The zero-order valence-electron chi connectivity index (χ0n) is 12.5. The molecule has 4 heteroatoms. The summed E-state index contributed by atoms with van der Waals surface area (Å²) < 4.78 is 19.3. The van der Waals surface area contributed by atoms with Crippen LogP contribution in [0.4, 0.5) is 4.39 Å². The summed E-state index contributed by atoms with van der Waals surface area (Å²) in [5.41, 5.74) is 1.59. The Morgan fingerprint density at radius 1 is 1.29 bits per heavy atom. The third kappa shape index (κ3) is 4.26. The summed E-state index contributed by atoms with van der Waals surface area (Å²) in [6.07, 6.45) is 3.41. The average molecular weight is 288 g/mol. The predicted octanol–water partition coefficient (Wildman–Crippen LogP) is 3.51. The lowest BCUT2D eigenvalue weighted by Crippen LogP contribution is -2.25. The van der Waals surface area contributed by atoms with Gasteiger partial charge in [-0.25, -0.2) is 4.39 Å². The molecular weight excluding hydrogens is 267 g/mol. The Hall–Kier alpha value is -1.94. The van der Waals surface area contributed by atoms with E-state index in [1.54, 1.807) is 18.3 Å². The van der Waals surface area contributed by atoms with Gasteiger partial charge in [0.25, 0.3) is 0 Å². The van der Waals surface area contributed by atoms with Crippen molar-refractivity contribution in [3.05, 3.63) is 59.7 Å². The third-order valence-corrected chi connectivity index (χ3v) is 3.36. The molecule has 0 saturated carbocycles. The maximum absolute atomic E-state index is 14.3. The highest BCUT2D eigenvalue weighted by molar-refractivity contribution is 5.31. The lowest BCUT2D eigenvalue weighted by atomic mass is 10.0. The van der Waals surface area contributed by atoms with Crippen molar-refractivity contribution in [2.24, 2.45) is 0 Å². The van der Waals surface area contributed by atoms with Gasteiger partial charge in [0.1, 0.15) is 11.6 Å². The van der Waals surface area contributed by atoms with Crippen LogP contribution in [0.5, 0.6) is 5.75 Å². The van der Waals surface area contributed by atoms with E-state index in [9.17, 15) is 4.39 Å². The Bertz CT molecular complexity index is 560. The number of pyridine rings is 1. The van der Waals surface area contributed by atoms with Gasteiger partial charge in [-0.2, -0.15) is 0 Å². The average Bonchev–Trinajstić information content (AvgIpc) is 2.52. The molecule has 0 saturated heterocycles.